The summed E-state index contributed by atoms with van der Waals surface area (Å²) in [5, 5.41) is 3.21. The third-order valence-corrected chi connectivity index (χ3v) is 5.63. The first-order chi connectivity index (χ1) is 12.6. The van der Waals surface area contributed by atoms with Crippen LogP contribution in [0.3, 0.4) is 0 Å². The molecule has 0 fully saturated rings. The van der Waals surface area contributed by atoms with Crippen molar-refractivity contribution in [2.24, 2.45) is 0 Å². The molecule has 4 heteroatoms. The van der Waals surface area contributed by atoms with Crippen LogP contribution in [0.15, 0.2) is 72.2 Å². The molecule has 4 aromatic rings. The van der Waals surface area contributed by atoms with Gasteiger partial charge in [0.25, 0.3) is 5.91 Å². The minimum atomic E-state index is -0.126. The van der Waals surface area contributed by atoms with Crippen molar-refractivity contribution in [3.05, 3.63) is 93.8 Å². The SMILES string of the molecule is Cc1cccc(C(=O)N(C)C(c2cccs2)c2c[nH]c3ccccc23)c1. The number of benzene rings is 2. The van der Waals surface area contributed by atoms with E-state index in [0.717, 1.165) is 26.9 Å². The summed E-state index contributed by atoms with van der Waals surface area (Å²) in [6.45, 7) is 2.01. The number of nitrogens with zero attached hydrogens (tertiary/aromatic N) is 1. The summed E-state index contributed by atoms with van der Waals surface area (Å²) in [7, 11) is 1.89. The molecule has 0 aliphatic rings. The van der Waals surface area contributed by atoms with Gasteiger partial charge in [0.05, 0.1) is 6.04 Å². The number of hydrogen-bond acceptors (Lipinski definition) is 2. The first-order valence-corrected chi connectivity index (χ1v) is 9.46. The van der Waals surface area contributed by atoms with E-state index in [1.165, 1.54) is 0 Å². The maximum atomic E-state index is 13.2. The van der Waals surface area contributed by atoms with E-state index >= 15 is 0 Å². The minimum Gasteiger partial charge on any atom is -0.361 e. The number of aromatic amines is 1. The monoisotopic (exact) mass is 360 g/mol. The lowest BCUT2D eigenvalue weighted by molar-refractivity contribution is 0.0758. The lowest BCUT2D eigenvalue weighted by Gasteiger charge is -2.28. The molecule has 1 amide bonds. The summed E-state index contributed by atoms with van der Waals surface area (Å²) in [6, 6.07) is 20.0. The van der Waals surface area contributed by atoms with E-state index in [2.05, 4.69) is 28.6 Å². The molecule has 1 N–H and O–H groups in total. The Kier molecular flexibility index (Phi) is 4.35. The van der Waals surface area contributed by atoms with Crippen LogP contribution >= 0.6 is 11.3 Å². The Morgan fingerprint density at radius 1 is 1.08 bits per heavy atom. The van der Waals surface area contributed by atoms with Crippen LogP contribution in [0.5, 0.6) is 0 Å². The molecule has 0 bridgehead atoms. The molecule has 0 saturated heterocycles. The fraction of sp³-hybridized carbons (Fsp3) is 0.136. The highest BCUT2D eigenvalue weighted by Crippen LogP contribution is 2.35. The number of rotatable bonds is 4. The molecule has 0 spiro atoms. The smallest absolute Gasteiger partial charge is 0.254 e. The summed E-state index contributed by atoms with van der Waals surface area (Å²) in [6.07, 6.45) is 2.02. The van der Waals surface area contributed by atoms with Crippen LogP contribution < -0.4 is 0 Å². The van der Waals surface area contributed by atoms with Gasteiger partial charge in [-0.25, -0.2) is 0 Å². The van der Waals surface area contributed by atoms with Crippen molar-refractivity contribution in [3.63, 3.8) is 0 Å². The van der Waals surface area contributed by atoms with Crippen LogP contribution in [-0.2, 0) is 0 Å². The molecule has 0 radical (unpaired) electrons. The van der Waals surface area contributed by atoms with E-state index < -0.39 is 0 Å². The number of H-pyrrole nitrogens is 1. The molecule has 4 rings (SSSR count). The first-order valence-electron chi connectivity index (χ1n) is 8.58. The van der Waals surface area contributed by atoms with Gasteiger partial charge in [-0.15, -0.1) is 11.3 Å². The van der Waals surface area contributed by atoms with Crippen molar-refractivity contribution in [2.45, 2.75) is 13.0 Å². The highest BCUT2D eigenvalue weighted by molar-refractivity contribution is 7.10. The predicted molar refractivity (Wildman–Crippen MR) is 108 cm³/mol. The number of hydrogen-bond donors (Lipinski definition) is 1. The van der Waals surface area contributed by atoms with Crippen molar-refractivity contribution >= 4 is 28.1 Å². The van der Waals surface area contributed by atoms with E-state index in [1.54, 1.807) is 11.3 Å². The number of amides is 1. The Morgan fingerprint density at radius 3 is 2.69 bits per heavy atom. The number of aromatic nitrogens is 1. The van der Waals surface area contributed by atoms with E-state index in [9.17, 15) is 4.79 Å². The number of thiophene rings is 1. The van der Waals surface area contributed by atoms with Crippen molar-refractivity contribution in [1.29, 1.82) is 0 Å². The van der Waals surface area contributed by atoms with E-state index in [0.29, 0.717) is 5.56 Å². The maximum Gasteiger partial charge on any atom is 0.254 e. The average Bonchev–Trinajstić information content (AvgIpc) is 3.32. The summed E-state index contributed by atoms with van der Waals surface area (Å²) >= 11 is 1.67. The molecule has 3 nitrogen and oxygen atoms in total. The molecule has 2 aromatic carbocycles. The van der Waals surface area contributed by atoms with Crippen LogP contribution in [0.25, 0.3) is 10.9 Å². The number of nitrogens with one attached hydrogen (secondary N) is 1. The quantitative estimate of drug-likeness (QED) is 0.520. The van der Waals surface area contributed by atoms with Crippen LogP contribution in [0.2, 0.25) is 0 Å². The molecule has 26 heavy (non-hydrogen) atoms. The number of para-hydroxylation sites is 1. The number of carbonyl (C=O) groups is 1. The Bertz CT molecular complexity index is 1050. The van der Waals surface area contributed by atoms with Crippen LogP contribution in [0.4, 0.5) is 0 Å². The number of carbonyl (C=O) groups excluding carboxylic acids is 1. The zero-order chi connectivity index (χ0) is 18.1. The van der Waals surface area contributed by atoms with Gasteiger partial charge in [0.1, 0.15) is 0 Å². The third kappa shape index (κ3) is 2.93. The van der Waals surface area contributed by atoms with Crippen LogP contribution in [0, 0.1) is 6.92 Å². The van der Waals surface area contributed by atoms with Crippen LogP contribution in [0.1, 0.15) is 32.4 Å². The van der Waals surface area contributed by atoms with Gasteiger partial charge < -0.3 is 9.88 Å². The van der Waals surface area contributed by atoms with E-state index in [-0.39, 0.29) is 11.9 Å². The average molecular weight is 360 g/mol. The summed E-state index contributed by atoms with van der Waals surface area (Å²) in [4.78, 5) is 19.5. The van der Waals surface area contributed by atoms with Gasteiger partial charge in [0.2, 0.25) is 0 Å². The molecular formula is C22H20N2OS. The fourth-order valence-corrected chi connectivity index (χ4v) is 4.30. The first kappa shape index (κ1) is 16.6. The molecule has 0 aliphatic heterocycles. The minimum absolute atomic E-state index is 0.0254. The predicted octanol–water partition coefficient (Wildman–Crippen LogP) is 5.40. The Hall–Kier alpha value is -2.85. The zero-order valence-electron chi connectivity index (χ0n) is 14.8. The second-order valence-corrected chi connectivity index (χ2v) is 7.47. The fourth-order valence-electron chi connectivity index (χ4n) is 3.42. The molecule has 1 atom stereocenters. The van der Waals surface area contributed by atoms with Gasteiger partial charge in [-0.2, -0.15) is 0 Å². The van der Waals surface area contributed by atoms with Gasteiger partial charge in [-0.3, -0.25) is 4.79 Å². The molecule has 130 valence electrons. The Morgan fingerprint density at radius 2 is 1.92 bits per heavy atom. The standard InChI is InChI=1S/C22H20N2OS/c1-15-7-5-8-16(13-15)22(25)24(2)21(20-11-6-12-26-20)18-14-23-19-10-4-3-9-17(18)19/h3-14,21,23H,1-2H3. The third-order valence-electron chi connectivity index (χ3n) is 4.70. The normalized spacial score (nSPS) is 12.2. The highest BCUT2D eigenvalue weighted by Gasteiger charge is 2.27. The summed E-state index contributed by atoms with van der Waals surface area (Å²) in [5.41, 5.74) is 4.00. The van der Waals surface area contributed by atoms with Gasteiger partial charge in [-0.05, 0) is 36.6 Å². The van der Waals surface area contributed by atoms with E-state index in [4.69, 9.17) is 0 Å². The lowest BCUT2D eigenvalue weighted by Crippen LogP contribution is -2.31. The van der Waals surface area contributed by atoms with Gasteiger partial charge in [-0.1, -0.05) is 42.0 Å². The van der Waals surface area contributed by atoms with Gasteiger partial charge in [0, 0.05) is 40.2 Å². The van der Waals surface area contributed by atoms with Crippen molar-refractivity contribution in [1.82, 2.24) is 9.88 Å². The van der Waals surface area contributed by atoms with E-state index in [1.807, 2.05) is 67.5 Å². The Labute approximate surface area is 156 Å². The second-order valence-electron chi connectivity index (χ2n) is 6.49. The van der Waals surface area contributed by atoms with Gasteiger partial charge in [0.15, 0.2) is 0 Å². The van der Waals surface area contributed by atoms with Crippen molar-refractivity contribution in [2.75, 3.05) is 7.05 Å². The van der Waals surface area contributed by atoms with Crippen molar-refractivity contribution < 1.29 is 4.79 Å². The highest BCUT2D eigenvalue weighted by atomic mass is 32.1. The second kappa shape index (κ2) is 6.81. The molecular weight excluding hydrogens is 340 g/mol. The molecule has 0 saturated carbocycles. The largest absolute Gasteiger partial charge is 0.361 e. The number of fused-ring (bicyclic) bond motifs is 1. The molecule has 2 aromatic heterocycles. The van der Waals surface area contributed by atoms with Crippen molar-refractivity contribution in [3.8, 4) is 0 Å². The topological polar surface area (TPSA) is 36.1 Å². The zero-order valence-corrected chi connectivity index (χ0v) is 15.6. The Balaban J connectivity index is 1.80. The number of aryl methyl sites for hydroxylation is 1. The molecule has 0 aliphatic carbocycles. The van der Waals surface area contributed by atoms with Gasteiger partial charge >= 0.3 is 0 Å². The lowest BCUT2D eigenvalue weighted by atomic mass is 10.0. The molecule has 2 heterocycles. The summed E-state index contributed by atoms with van der Waals surface area (Å²) < 4.78 is 0. The summed E-state index contributed by atoms with van der Waals surface area (Å²) in [5.74, 6) is 0.0254. The van der Waals surface area contributed by atoms with Crippen LogP contribution in [-0.4, -0.2) is 22.8 Å². The molecule has 1 unspecified atom stereocenters. The maximum absolute atomic E-state index is 13.2.